The monoisotopic (exact) mass is 333 g/mol. The first-order valence-electron chi connectivity index (χ1n) is 7.18. The van der Waals surface area contributed by atoms with Gasteiger partial charge in [-0.15, -0.1) is 0 Å². The molecule has 23 heavy (non-hydrogen) atoms. The lowest BCUT2D eigenvalue weighted by Gasteiger charge is -2.20. The fraction of sp³-hybridized carbons (Fsp3) is 0.312. The summed E-state index contributed by atoms with van der Waals surface area (Å²) in [5, 5.41) is 3.03. The predicted molar refractivity (Wildman–Crippen MR) is 90.4 cm³/mol. The minimum absolute atomic E-state index is 0.184. The topological polar surface area (TPSA) is 94.3 Å². The summed E-state index contributed by atoms with van der Waals surface area (Å²) >= 11 is 1.03. The Kier molecular flexibility index (Phi) is 5.33. The molecule has 2 rings (SSSR count). The third-order valence-electron chi connectivity index (χ3n) is 3.23. The number of nitrogen functional groups attached to an aromatic ring is 1. The highest BCUT2D eigenvalue weighted by atomic mass is 32.1. The number of hydrogen-bond donors (Lipinski definition) is 2. The van der Waals surface area contributed by atoms with Gasteiger partial charge in [-0.2, -0.15) is 4.37 Å². The molecule has 7 heteroatoms. The van der Waals surface area contributed by atoms with E-state index < -0.39 is 12.1 Å². The van der Waals surface area contributed by atoms with Gasteiger partial charge in [0.25, 0.3) is 5.91 Å². The highest BCUT2D eigenvalue weighted by molar-refractivity contribution is 7.10. The first-order chi connectivity index (χ1) is 10.9. The molecule has 0 fully saturated rings. The molecule has 0 saturated heterocycles. The number of hydrogen-bond acceptors (Lipinski definition) is 6. The van der Waals surface area contributed by atoms with E-state index in [2.05, 4.69) is 9.69 Å². The molecule has 0 aliphatic heterocycles. The number of nitrogens with two attached hydrogens (primary N) is 1. The molecule has 0 radical (unpaired) electrons. The van der Waals surface area contributed by atoms with Gasteiger partial charge in [-0.25, -0.2) is 4.79 Å². The van der Waals surface area contributed by atoms with E-state index in [9.17, 15) is 9.59 Å². The molecule has 2 aromatic rings. The Balaban J connectivity index is 2.12. The maximum absolute atomic E-state index is 12.4. The third kappa shape index (κ3) is 4.07. The number of aryl methyl sites for hydroxylation is 1. The molecule has 1 amide bonds. The van der Waals surface area contributed by atoms with Crippen molar-refractivity contribution in [3.05, 3.63) is 41.6 Å². The number of carbonyl (C=O) groups excluding carboxylic acids is 2. The van der Waals surface area contributed by atoms with Gasteiger partial charge in [-0.1, -0.05) is 32.0 Å². The number of ether oxygens (including phenoxy) is 1. The zero-order valence-corrected chi connectivity index (χ0v) is 14.0. The second kappa shape index (κ2) is 7.23. The number of nitrogens with zero attached hydrogens (tertiary/aromatic N) is 1. The van der Waals surface area contributed by atoms with Crippen LogP contribution in [0, 0.1) is 12.8 Å². The van der Waals surface area contributed by atoms with Crippen LogP contribution < -0.4 is 11.1 Å². The molecular formula is C16H19N3O3S. The maximum Gasteiger partial charge on any atom is 0.343 e. The largest absolute Gasteiger partial charge is 0.448 e. The lowest BCUT2D eigenvalue weighted by Crippen LogP contribution is -2.36. The Bertz CT molecular complexity index is 678. The van der Waals surface area contributed by atoms with Gasteiger partial charge < -0.3 is 15.8 Å². The van der Waals surface area contributed by atoms with Crippen LogP contribution in [0.5, 0.6) is 0 Å². The fourth-order valence-corrected chi connectivity index (χ4v) is 2.69. The summed E-state index contributed by atoms with van der Waals surface area (Å²) in [6.07, 6.45) is -0.915. The van der Waals surface area contributed by atoms with Crippen molar-refractivity contribution in [3.63, 3.8) is 0 Å². The first-order valence-corrected chi connectivity index (χ1v) is 7.96. The van der Waals surface area contributed by atoms with Crippen LogP contribution in [-0.4, -0.2) is 22.4 Å². The Labute approximate surface area is 138 Å². The highest BCUT2D eigenvalue weighted by Crippen LogP contribution is 2.23. The van der Waals surface area contributed by atoms with Crippen molar-refractivity contribution in [3.8, 4) is 0 Å². The van der Waals surface area contributed by atoms with Crippen molar-refractivity contribution in [2.45, 2.75) is 26.9 Å². The average molecular weight is 333 g/mol. The van der Waals surface area contributed by atoms with Gasteiger partial charge in [0.2, 0.25) is 0 Å². The van der Waals surface area contributed by atoms with E-state index in [0.717, 1.165) is 11.5 Å². The minimum atomic E-state index is -0.915. The molecule has 1 atom stereocenters. The second-order valence-electron chi connectivity index (χ2n) is 5.43. The summed E-state index contributed by atoms with van der Waals surface area (Å²) in [5.74, 6) is -1.19. The summed E-state index contributed by atoms with van der Waals surface area (Å²) in [6.45, 7) is 5.30. The van der Waals surface area contributed by atoms with Crippen molar-refractivity contribution in [2.24, 2.45) is 5.92 Å². The number of rotatable bonds is 5. The summed E-state index contributed by atoms with van der Waals surface area (Å²) in [4.78, 5) is 24.7. The number of esters is 1. The summed E-state index contributed by atoms with van der Waals surface area (Å²) in [7, 11) is 0. The van der Waals surface area contributed by atoms with E-state index in [1.807, 2.05) is 32.0 Å². The predicted octanol–water partition coefficient (Wildman–Crippen LogP) is 2.85. The normalized spacial score (nSPS) is 12.0. The van der Waals surface area contributed by atoms with E-state index in [0.29, 0.717) is 16.4 Å². The molecule has 0 spiro atoms. The zero-order valence-electron chi connectivity index (χ0n) is 13.2. The molecule has 6 nitrogen and oxygen atoms in total. The standard InChI is InChI=1S/C16H19N3O3S/c1-9(2)13(15(20)18-11-7-5-4-6-8-11)22-16(21)12-10(3)19-23-14(12)17/h4-9,13H,17H2,1-3H3,(H,18,20)/t13-/m1/s1. The van der Waals surface area contributed by atoms with Crippen LogP contribution in [0.4, 0.5) is 10.7 Å². The van der Waals surface area contributed by atoms with Crippen LogP contribution in [0.2, 0.25) is 0 Å². The number of nitrogens with one attached hydrogen (secondary N) is 1. The lowest BCUT2D eigenvalue weighted by molar-refractivity contribution is -0.126. The average Bonchev–Trinajstić information content (AvgIpc) is 2.84. The van der Waals surface area contributed by atoms with Gasteiger partial charge in [-0.3, -0.25) is 4.79 Å². The summed E-state index contributed by atoms with van der Waals surface area (Å²) < 4.78 is 9.40. The smallest absolute Gasteiger partial charge is 0.343 e. The van der Waals surface area contributed by atoms with E-state index in [-0.39, 0.29) is 17.4 Å². The number of benzene rings is 1. The van der Waals surface area contributed by atoms with E-state index in [4.69, 9.17) is 10.5 Å². The first kappa shape index (κ1) is 17.0. The number of amides is 1. The molecule has 1 heterocycles. The molecule has 0 aliphatic carbocycles. The summed E-state index contributed by atoms with van der Waals surface area (Å²) in [5.41, 5.74) is 7.13. The lowest BCUT2D eigenvalue weighted by atomic mass is 10.1. The number of anilines is 2. The fourth-order valence-electron chi connectivity index (χ4n) is 2.04. The van der Waals surface area contributed by atoms with Gasteiger partial charge in [0, 0.05) is 5.69 Å². The highest BCUT2D eigenvalue weighted by Gasteiger charge is 2.29. The van der Waals surface area contributed by atoms with Crippen LogP contribution >= 0.6 is 11.5 Å². The summed E-state index contributed by atoms with van der Waals surface area (Å²) in [6, 6.07) is 9.01. The Morgan fingerprint density at radius 1 is 1.26 bits per heavy atom. The third-order valence-corrected chi connectivity index (χ3v) is 4.00. The molecule has 3 N–H and O–H groups in total. The van der Waals surface area contributed by atoms with Crippen LogP contribution in [0.15, 0.2) is 30.3 Å². The minimum Gasteiger partial charge on any atom is -0.448 e. The van der Waals surface area contributed by atoms with Crippen molar-refractivity contribution in [1.82, 2.24) is 4.37 Å². The van der Waals surface area contributed by atoms with Crippen molar-refractivity contribution >= 4 is 34.1 Å². The Morgan fingerprint density at radius 3 is 2.43 bits per heavy atom. The van der Waals surface area contributed by atoms with E-state index in [1.54, 1.807) is 19.1 Å². The Hall–Kier alpha value is -2.41. The molecule has 1 aromatic carbocycles. The molecule has 0 unspecified atom stereocenters. The van der Waals surface area contributed by atoms with Gasteiger partial charge in [-0.05, 0) is 36.5 Å². The zero-order chi connectivity index (χ0) is 17.0. The SMILES string of the molecule is Cc1nsc(N)c1C(=O)O[C@@H](C(=O)Nc1ccccc1)C(C)C. The maximum atomic E-state index is 12.4. The molecule has 0 saturated carbocycles. The van der Waals surface area contributed by atoms with Gasteiger partial charge in [0.05, 0.1) is 5.69 Å². The van der Waals surface area contributed by atoms with Crippen LogP contribution in [-0.2, 0) is 9.53 Å². The van der Waals surface area contributed by atoms with Crippen LogP contribution in [0.25, 0.3) is 0 Å². The van der Waals surface area contributed by atoms with Crippen LogP contribution in [0.3, 0.4) is 0 Å². The van der Waals surface area contributed by atoms with Gasteiger partial charge >= 0.3 is 5.97 Å². The number of carbonyl (C=O) groups is 2. The molecule has 0 bridgehead atoms. The molecule has 1 aromatic heterocycles. The second-order valence-corrected chi connectivity index (χ2v) is 6.24. The van der Waals surface area contributed by atoms with Gasteiger partial charge in [0.1, 0.15) is 10.6 Å². The van der Waals surface area contributed by atoms with E-state index in [1.165, 1.54) is 0 Å². The van der Waals surface area contributed by atoms with Crippen molar-refractivity contribution in [2.75, 3.05) is 11.1 Å². The molecular weight excluding hydrogens is 314 g/mol. The van der Waals surface area contributed by atoms with Crippen molar-refractivity contribution < 1.29 is 14.3 Å². The molecule has 0 aliphatic rings. The van der Waals surface area contributed by atoms with Crippen LogP contribution in [0.1, 0.15) is 29.9 Å². The van der Waals surface area contributed by atoms with Gasteiger partial charge in [0.15, 0.2) is 6.10 Å². The van der Waals surface area contributed by atoms with E-state index >= 15 is 0 Å². The quantitative estimate of drug-likeness (QED) is 0.821. The number of aromatic nitrogens is 1. The van der Waals surface area contributed by atoms with Crippen molar-refractivity contribution in [1.29, 1.82) is 0 Å². The number of para-hydroxylation sites is 1. The Morgan fingerprint density at radius 2 is 1.91 bits per heavy atom. The molecule has 122 valence electrons.